The lowest BCUT2D eigenvalue weighted by Gasteiger charge is -2.32. The van der Waals surface area contributed by atoms with Gasteiger partial charge in [-0.2, -0.15) is 0 Å². The minimum absolute atomic E-state index is 0.123. The smallest absolute Gasteiger partial charge is 0.377 e. The molecule has 0 saturated heterocycles. The van der Waals surface area contributed by atoms with Gasteiger partial charge in [0.1, 0.15) is 5.73 Å². The highest BCUT2D eigenvalue weighted by molar-refractivity contribution is 6.62. The lowest BCUT2D eigenvalue weighted by atomic mass is 10.9. The molecule has 0 heterocycles. The second-order valence-electron chi connectivity index (χ2n) is 2.78. The van der Waals surface area contributed by atoms with Crippen molar-refractivity contribution in [3.8, 4) is 0 Å². The van der Waals surface area contributed by atoms with Crippen molar-refractivity contribution in [3.63, 3.8) is 0 Å². The maximum atomic E-state index is 5.63. The maximum absolute atomic E-state index is 5.63. The molecule has 0 fully saturated rings. The summed E-state index contributed by atoms with van der Waals surface area (Å²) in [5.41, 5.74) is -0.123. The van der Waals surface area contributed by atoms with Crippen LogP contribution < -0.4 is 0 Å². The fourth-order valence-corrected chi connectivity index (χ4v) is 3.67. The molecule has 0 aromatic carbocycles. The van der Waals surface area contributed by atoms with E-state index < -0.39 is 8.80 Å². The third-order valence-corrected chi connectivity index (χ3v) is 5.19. The fourth-order valence-electron chi connectivity index (χ4n) is 1.22. The van der Waals surface area contributed by atoms with Gasteiger partial charge in [0, 0.05) is 26.9 Å². The van der Waals surface area contributed by atoms with Gasteiger partial charge in [-0.15, -0.1) is 0 Å². The summed E-state index contributed by atoms with van der Waals surface area (Å²) in [6.45, 7) is 9.47. The molecule has 0 aromatic heterocycles. The molecule has 0 radical (unpaired) electrons. The molecule has 14 heavy (non-hydrogen) atoms. The normalized spacial score (nSPS) is 14.4. The van der Waals surface area contributed by atoms with Gasteiger partial charge in [0.2, 0.25) is 0 Å². The summed E-state index contributed by atoms with van der Waals surface area (Å²) in [4.78, 5) is 0. The van der Waals surface area contributed by atoms with E-state index in [2.05, 4.69) is 0 Å². The van der Waals surface area contributed by atoms with Crippen LogP contribution in [0.5, 0.6) is 0 Å². The summed E-state index contributed by atoms with van der Waals surface area (Å²) >= 11 is 0. The molecule has 86 valence electrons. The highest BCUT2D eigenvalue weighted by Crippen LogP contribution is 2.16. The van der Waals surface area contributed by atoms with Crippen LogP contribution in [-0.4, -0.2) is 41.5 Å². The predicted molar refractivity (Wildman–Crippen MR) is 57.1 cm³/mol. The molecule has 4 nitrogen and oxygen atoms in total. The molecule has 0 bridgehead atoms. The number of hydrogen-bond acceptors (Lipinski definition) is 4. The maximum Gasteiger partial charge on any atom is 0.531 e. The van der Waals surface area contributed by atoms with Gasteiger partial charge in [-0.1, -0.05) is 0 Å². The van der Waals surface area contributed by atoms with Crippen molar-refractivity contribution in [2.75, 3.05) is 26.9 Å². The second-order valence-corrected chi connectivity index (χ2v) is 5.67. The van der Waals surface area contributed by atoms with Crippen LogP contribution >= 0.6 is 0 Å². The Morgan fingerprint density at radius 2 is 1.29 bits per heavy atom. The summed E-state index contributed by atoms with van der Waals surface area (Å²) in [5.74, 6) is 0. The molecule has 1 unspecified atom stereocenters. The first kappa shape index (κ1) is 14.1. The van der Waals surface area contributed by atoms with Gasteiger partial charge in [-0.3, -0.25) is 0 Å². The molecule has 0 aliphatic carbocycles. The van der Waals surface area contributed by atoms with Crippen LogP contribution in [-0.2, 0) is 18.0 Å². The molecule has 0 aliphatic rings. The fraction of sp³-hybridized carbons (Fsp3) is 1.00. The van der Waals surface area contributed by atoms with E-state index in [9.17, 15) is 0 Å². The Balaban J connectivity index is 4.53. The topological polar surface area (TPSA) is 36.9 Å². The Kier molecular flexibility index (Phi) is 7.39. The van der Waals surface area contributed by atoms with E-state index in [-0.39, 0.29) is 5.73 Å². The zero-order valence-electron chi connectivity index (χ0n) is 9.83. The Hall–Kier alpha value is 0.0569. The molecule has 1 atom stereocenters. The predicted octanol–water partition coefficient (Wildman–Crippen LogP) is 1.61. The van der Waals surface area contributed by atoms with Gasteiger partial charge in [0.05, 0.1) is 0 Å². The summed E-state index contributed by atoms with van der Waals surface area (Å²) in [6.07, 6.45) is 0. The van der Waals surface area contributed by atoms with Crippen LogP contribution in [0.4, 0.5) is 0 Å². The minimum atomic E-state index is -2.62. The van der Waals surface area contributed by atoms with E-state index in [1.54, 1.807) is 7.11 Å². The van der Waals surface area contributed by atoms with Crippen molar-refractivity contribution in [2.24, 2.45) is 0 Å². The Labute approximate surface area is 87.9 Å². The molecular weight excluding hydrogens is 200 g/mol. The average Bonchev–Trinajstić information content (AvgIpc) is 2.17. The second kappa shape index (κ2) is 7.36. The van der Waals surface area contributed by atoms with Crippen LogP contribution in [0, 0.1) is 0 Å². The van der Waals surface area contributed by atoms with Gasteiger partial charge < -0.3 is 18.0 Å². The van der Waals surface area contributed by atoms with E-state index in [4.69, 9.17) is 18.0 Å². The zero-order valence-corrected chi connectivity index (χ0v) is 10.8. The minimum Gasteiger partial charge on any atom is -0.377 e. The first-order valence-corrected chi connectivity index (χ1v) is 6.91. The lowest BCUT2D eigenvalue weighted by Crippen LogP contribution is -2.56. The van der Waals surface area contributed by atoms with Crippen molar-refractivity contribution in [1.82, 2.24) is 0 Å². The van der Waals surface area contributed by atoms with Crippen molar-refractivity contribution in [3.05, 3.63) is 0 Å². The van der Waals surface area contributed by atoms with Crippen molar-refractivity contribution in [2.45, 2.75) is 33.4 Å². The van der Waals surface area contributed by atoms with E-state index >= 15 is 0 Å². The van der Waals surface area contributed by atoms with Crippen LogP contribution in [0.3, 0.4) is 0 Å². The van der Waals surface area contributed by atoms with Crippen molar-refractivity contribution in [1.29, 1.82) is 0 Å². The van der Waals surface area contributed by atoms with Gasteiger partial charge in [0.15, 0.2) is 0 Å². The summed E-state index contributed by atoms with van der Waals surface area (Å²) in [5, 5.41) is 0. The number of hydrogen-bond donors (Lipinski definition) is 0. The van der Waals surface area contributed by atoms with Crippen LogP contribution in [0.2, 0.25) is 0 Å². The van der Waals surface area contributed by atoms with Gasteiger partial charge in [0.25, 0.3) is 0 Å². The highest BCUT2D eigenvalue weighted by atomic mass is 28.4. The summed E-state index contributed by atoms with van der Waals surface area (Å²) in [6, 6.07) is 0. The van der Waals surface area contributed by atoms with E-state index in [0.29, 0.717) is 19.8 Å². The SMILES string of the molecule is CCO[Si](OCC)(OCC)C(C)OC. The third kappa shape index (κ3) is 3.66. The third-order valence-electron chi connectivity index (χ3n) is 1.89. The molecule has 0 spiro atoms. The Morgan fingerprint density at radius 1 is 0.929 bits per heavy atom. The first-order valence-electron chi connectivity index (χ1n) is 5.11. The molecule has 0 N–H and O–H groups in total. The molecular formula is C9H22O4Si. The average molecular weight is 222 g/mol. The van der Waals surface area contributed by atoms with E-state index in [0.717, 1.165) is 0 Å². The van der Waals surface area contributed by atoms with Crippen molar-refractivity contribution >= 4 is 8.80 Å². The van der Waals surface area contributed by atoms with Gasteiger partial charge in [-0.05, 0) is 27.7 Å². The van der Waals surface area contributed by atoms with Gasteiger partial charge in [-0.25, -0.2) is 0 Å². The molecule has 0 rings (SSSR count). The summed E-state index contributed by atoms with van der Waals surface area (Å²) < 4.78 is 22.2. The van der Waals surface area contributed by atoms with E-state index in [1.807, 2.05) is 27.7 Å². The summed E-state index contributed by atoms with van der Waals surface area (Å²) in [7, 11) is -0.979. The molecule has 0 aliphatic heterocycles. The molecule has 5 heteroatoms. The quantitative estimate of drug-likeness (QED) is 0.585. The highest BCUT2D eigenvalue weighted by Gasteiger charge is 2.47. The molecule has 0 amide bonds. The Bertz CT molecular complexity index is 126. The van der Waals surface area contributed by atoms with Crippen LogP contribution in [0.15, 0.2) is 0 Å². The lowest BCUT2D eigenvalue weighted by molar-refractivity contribution is 0.0124. The Morgan fingerprint density at radius 3 is 1.50 bits per heavy atom. The molecule has 0 saturated carbocycles. The monoisotopic (exact) mass is 222 g/mol. The largest absolute Gasteiger partial charge is 0.531 e. The number of ether oxygens (including phenoxy) is 1. The number of rotatable bonds is 8. The van der Waals surface area contributed by atoms with Crippen LogP contribution in [0.1, 0.15) is 27.7 Å². The van der Waals surface area contributed by atoms with Gasteiger partial charge >= 0.3 is 8.80 Å². The standard InChI is InChI=1S/C9H22O4Si/c1-6-11-14(12-7-2,13-8-3)9(4)10-5/h9H,6-8H2,1-5H3. The van der Waals surface area contributed by atoms with E-state index in [1.165, 1.54) is 0 Å². The molecule has 0 aromatic rings. The first-order chi connectivity index (χ1) is 6.66. The number of methoxy groups -OCH3 is 1. The van der Waals surface area contributed by atoms with Crippen LogP contribution in [0.25, 0.3) is 0 Å². The zero-order chi connectivity index (χ0) is 11.0. The van der Waals surface area contributed by atoms with Crippen molar-refractivity contribution < 1.29 is 18.0 Å².